The van der Waals surface area contributed by atoms with Crippen LogP contribution >= 0.6 is 0 Å². The van der Waals surface area contributed by atoms with Crippen LogP contribution in [0.15, 0.2) is 24.3 Å². The molecule has 0 unspecified atom stereocenters. The van der Waals surface area contributed by atoms with Gasteiger partial charge in [0, 0.05) is 47.7 Å². The van der Waals surface area contributed by atoms with Gasteiger partial charge in [0.05, 0.1) is 6.61 Å². The van der Waals surface area contributed by atoms with E-state index in [1.54, 1.807) is 0 Å². The number of fused-ring (bicyclic) bond motifs is 1. The summed E-state index contributed by atoms with van der Waals surface area (Å²) in [5, 5.41) is 25.4. The molecular weight excluding hydrogens is 502 g/mol. The molecule has 0 radical (unpaired) electrons. The molecule has 2 aliphatic rings. The third-order valence-corrected chi connectivity index (χ3v) is 9.24. The lowest BCUT2D eigenvalue weighted by Crippen LogP contribution is -2.35. The minimum absolute atomic E-state index is 0.119. The van der Waals surface area contributed by atoms with Gasteiger partial charge in [0.25, 0.3) is 0 Å². The third-order valence-electron chi connectivity index (χ3n) is 9.24. The SMILES string of the molecule is CC(C)(CNCc1cc(C2CCCCC2)ccc1OCCCC(=O)O)c1nnc2cc(C3(C)CCCCC3)[nH]n12. The minimum atomic E-state index is -0.787. The van der Waals surface area contributed by atoms with Crippen molar-refractivity contribution in [3.63, 3.8) is 0 Å². The topological polar surface area (TPSA) is 105 Å². The second-order valence-corrected chi connectivity index (χ2v) is 13.0. The van der Waals surface area contributed by atoms with Crippen molar-refractivity contribution in [2.45, 2.75) is 121 Å². The highest BCUT2D eigenvalue weighted by atomic mass is 16.5. The molecule has 40 heavy (non-hydrogen) atoms. The second-order valence-electron chi connectivity index (χ2n) is 13.0. The smallest absolute Gasteiger partial charge is 0.303 e. The molecule has 3 aromatic rings. The molecular formula is C32H47N5O3. The fraction of sp³-hybridized carbons (Fsp3) is 0.656. The van der Waals surface area contributed by atoms with Crippen molar-refractivity contribution in [1.82, 2.24) is 25.1 Å². The molecule has 2 heterocycles. The van der Waals surface area contributed by atoms with E-state index in [0.29, 0.717) is 25.5 Å². The molecule has 218 valence electrons. The van der Waals surface area contributed by atoms with Gasteiger partial charge in [-0.1, -0.05) is 71.4 Å². The molecule has 8 nitrogen and oxygen atoms in total. The molecule has 2 saturated carbocycles. The Bertz CT molecular complexity index is 1280. The quantitative estimate of drug-likeness (QED) is 0.219. The van der Waals surface area contributed by atoms with E-state index >= 15 is 0 Å². The van der Waals surface area contributed by atoms with Crippen LogP contribution in [0.5, 0.6) is 5.75 Å². The number of aromatic nitrogens is 4. The Hall–Kier alpha value is -2.87. The van der Waals surface area contributed by atoms with Crippen LogP contribution in [0.3, 0.4) is 0 Å². The first kappa shape index (κ1) is 28.7. The van der Waals surface area contributed by atoms with Crippen molar-refractivity contribution >= 4 is 11.6 Å². The van der Waals surface area contributed by atoms with E-state index in [1.165, 1.54) is 75.5 Å². The van der Waals surface area contributed by atoms with E-state index in [4.69, 9.17) is 9.84 Å². The van der Waals surface area contributed by atoms with Crippen molar-refractivity contribution in [3.8, 4) is 5.75 Å². The molecule has 3 N–H and O–H groups in total. The average molecular weight is 550 g/mol. The van der Waals surface area contributed by atoms with Gasteiger partial charge in [-0.25, -0.2) is 4.52 Å². The molecule has 2 aromatic heterocycles. The number of H-pyrrole nitrogens is 1. The van der Waals surface area contributed by atoms with Crippen molar-refractivity contribution in [2.24, 2.45) is 0 Å². The summed E-state index contributed by atoms with van der Waals surface area (Å²) in [4.78, 5) is 10.9. The number of rotatable bonds is 12. The van der Waals surface area contributed by atoms with Crippen LogP contribution in [-0.2, 0) is 22.2 Å². The molecule has 0 amide bonds. The zero-order valence-corrected chi connectivity index (χ0v) is 24.6. The number of carboxylic acids is 1. The molecule has 5 rings (SSSR count). The summed E-state index contributed by atoms with van der Waals surface area (Å²) in [7, 11) is 0. The third kappa shape index (κ3) is 6.54. The van der Waals surface area contributed by atoms with Crippen LogP contribution in [0.25, 0.3) is 5.65 Å². The maximum atomic E-state index is 10.9. The maximum absolute atomic E-state index is 10.9. The monoisotopic (exact) mass is 549 g/mol. The van der Waals surface area contributed by atoms with E-state index in [2.05, 4.69) is 70.2 Å². The summed E-state index contributed by atoms with van der Waals surface area (Å²) < 4.78 is 8.16. The Morgan fingerprint density at radius 1 is 1.12 bits per heavy atom. The average Bonchev–Trinajstić information content (AvgIpc) is 3.55. The molecule has 0 spiro atoms. The fourth-order valence-electron chi connectivity index (χ4n) is 6.69. The van der Waals surface area contributed by atoms with Crippen LogP contribution < -0.4 is 10.1 Å². The molecule has 0 bridgehead atoms. The number of carboxylic acid groups (broad SMARTS) is 1. The van der Waals surface area contributed by atoms with Crippen molar-refractivity contribution in [2.75, 3.05) is 13.2 Å². The van der Waals surface area contributed by atoms with Gasteiger partial charge in [0.1, 0.15) is 5.75 Å². The van der Waals surface area contributed by atoms with Crippen LogP contribution in [0, 0.1) is 0 Å². The molecule has 0 atom stereocenters. The second kappa shape index (κ2) is 12.3. The summed E-state index contributed by atoms with van der Waals surface area (Å²) >= 11 is 0. The summed E-state index contributed by atoms with van der Waals surface area (Å²) in [5.41, 5.74) is 4.62. The highest BCUT2D eigenvalue weighted by Gasteiger charge is 2.33. The van der Waals surface area contributed by atoms with E-state index in [-0.39, 0.29) is 17.3 Å². The number of hydrogen-bond donors (Lipinski definition) is 3. The zero-order chi connectivity index (χ0) is 28.2. The van der Waals surface area contributed by atoms with Gasteiger partial charge in [-0.2, -0.15) is 0 Å². The lowest BCUT2D eigenvalue weighted by Gasteiger charge is -2.32. The predicted molar refractivity (Wildman–Crippen MR) is 157 cm³/mol. The highest BCUT2D eigenvalue weighted by Crippen LogP contribution is 2.39. The summed E-state index contributed by atoms with van der Waals surface area (Å²) in [6, 6.07) is 8.79. The Balaban J connectivity index is 1.28. The molecule has 0 saturated heterocycles. The number of nitrogens with zero attached hydrogens (tertiary/aromatic N) is 3. The first-order chi connectivity index (χ1) is 19.2. The Morgan fingerprint density at radius 3 is 2.62 bits per heavy atom. The number of aromatic amines is 1. The number of benzene rings is 1. The largest absolute Gasteiger partial charge is 0.493 e. The first-order valence-corrected chi connectivity index (χ1v) is 15.4. The number of ether oxygens (including phenoxy) is 1. The molecule has 2 fully saturated rings. The van der Waals surface area contributed by atoms with Crippen LogP contribution in [0.1, 0.15) is 126 Å². The van der Waals surface area contributed by atoms with Gasteiger partial charge in [0.2, 0.25) is 0 Å². The van der Waals surface area contributed by atoms with Gasteiger partial charge in [-0.3, -0.25) is 9.89 Å². The number of carbonyl (C=O) groups is 1. The summed E-state index contributed by atoms with van der Waals surface area (Å²) in [6.07, 6.45) is 13.4. The van der Waals surface area contributed by atoms with Gasteiger partial charge in [-0.05, 0) is 49.7 Å². The van der Waals surface area contributed by atoms with Gasteiger partial charge in [0.15, 0.2) is 11.5 Å². The number of nitrogens with one attached hydrogen (secondary N) is 2. The van der Waals surface area contributed by atoms with Crippen molar-refractivity contribution in [1.29, 1.82) is 0 Å². The van der Waals surface area contributed by atoms with Crippen LogP contribution in [0.4, 0.5) is 0 Å². The van der Waals surface area contributed by atoms with Gasteiger partial charge >= 0.3 is 5.97 Å². The van der Waals surface area contributed by atoms with Gasteiger partial charge < -0.3 is 15.2 Å². The lowest BCUT2D eigenvalue weighted by atomic mass is 9.73. The first-order valence-electron chi connectivity index (χ1n) is 15.4. The standard InChI is InChI=1S/C32H47N5O3/c1-31(2,30-35-34-28-20-27(36-37(28)30)32(3)16-8-5-9-17-32)22-33-21-25-19-24(23-11-6-4-7-12-23)14-15-26(25)40-18-10-13-29(38)39/h14-15,19-20,23,33,36H,4-13,16-18,21-22H2,1-3H3,(H,38,39). The van der Waals surface area contributed by atoms with E-state index in [9.17, 15) is 4.79 Å². The summed E-state index contributed by atoms with van der Waals surface area (Å²) in [5.74, 6) is 1.60. The lowest BCUT2D eigenvalue weighted by molar-refractivity contribution is -0.137. The minimum Gasteiger partial charge on any atom is -0.493 e. The van der Waals surface area contributed by atoms with Crippen LogP contribution in [-0.4, -0.2) is 44.0 Å². The maximum Gasteiger partial charge on any atom is 0.303 e. The van der Waals surface area contributed by atoms with E-state index in [0.717, 1.165) is 29.3 Å². The normalized spacial score (nSPS) is 18.3. The molecule has 2 aliphatic carbocycles. The molecule has 8 heteroatoms. The number of aliphatic carboxylic acids is 1. The van der Waals surface area contributed by atoms with Crippen LogP contribution in [0.2, 0.25) is 0 Å². The van der Waals surface area contributed by atoms with Crippen molar-refractivity contribution < 1.29 is 14.6 Å². The summed E-state index contributed by atoms with van der Waals surface area (Å²) in [6.45, 7) is 8.60. The Labute approximate surface area is 238 Å². The van der Waals surface area contributed by atoms with E-state index in [1.807, 2.05) is 0 Å². The van der Waals surface area contributed by atoms with Gasteiger partial charge in [-0.15, -0.1) is 10.2 Å². The molecule has 1 aromatic carbocycles. The zero-order valence-electron chi connectivity index (χ0n) is 24.6. The number of hydrogen-bond acceptors (Lipinski definition) is 5. The highest BCUT2D eigenvalue weighted by molar-refractivity contribution is 5.66. The predicted octanol–water partition coefficient (Wildman–Crippen LogP) is 6.64. The van der Waals surface area contributed by atoms with E-state index < -0.39 is 5.97 Å². The molecule has 0 aliphatic heterocycles. The fourth-order valence-corrected chi connectivity index (χ4v) is 6.69. The Kier molecular flexibility index (Phi) is 8.83. The Morgan fingerprint density at radius 2 is 1.88 bits per heavy atom. The van der Waals surface area contributed by atoms with Crippen molar-refractivity contribution in [3.05, 3.63) is 46.9 Å².